The highest BCUT2D eigenvalue weighted by atomic mass is 35.5. The van der Waals surface area contributed by atoms with E-state index in [2.05, 4.69) is 0 Å². The molecule has 4 nitrogen and oxygen atoms in total. The van der Waals surface area contributed by atoms with Crippen LogP contribution >= 0.6 is 35.0 Å². The normalized spacial score (nSPS) is 18.9. The summed E-state index contributed by atoms with van der Waals surface area (Å²) in [5, 5.41) is 0.770. The minimum absolute atomic E-state index is 0.0542. The van der Waals surface area contributed by atoms with E-state index < -0.39 is 0 Å². The highest BCUT2D eigenvalue weighted by molar-refractivity contribution is 7.99. The third kappa shape index (κ3) is 2.81. The smallest absolute Gasteiger partial charge is 0.255 e. The molecule has 7 heteroatoms. The van der Waals surface area contributed by atoms with Gasteiger partial charge >= 0.3 is 0 Å². The van der Waals surface area contributed by atoms with Gasteiger partial charge in [-0.1, -0.05) is 29.3 Å². The van der Waals surface area contributed by atoms with Gasteiger partial charge in [0.2, 0.25) is 6.79 Å². The molecule has 1 unspecified atom stereocenters. The number of hydrogen-bond donors (Lipinski definition) is 0. The van der Waals surface area contributed by atoms with E-state index in [1.165, 1.54) is 0 Å². The lowest BCUT2D eigenvalue weighted by Crippen LogP contribution is -2.30. The van der Waals surface area contributed by atoms with E-state index in [4.69, 9.17) is 32.7 Å². The molecule has 1 fully saturated rings. The van der Waals surface area contributed by atoms with Gasteiger partial charge in [0.1, 0.15) is 5.37 Å². The van der Waals surface area contributed by atoms with Crippen LogP contribution in [0.4, 0.5) is 0 Å². The van der Waals surface area contributed by atoms with E-state index in [-0.39, 0.29) is 18.1 Å². The summed E-state index contributed by atoms with van der Waals surface area (Å²) >= 11 is 13.7. The van der Waals surface area contributed by atoms with Gasteiger partial charge in [0, 0.05) is 17.9 Å². The summed E-state index contributed by atoms with van der Waals surface area (Å²) in [5.74, 6) is 2.29. The molecule has 2 aromatic rings. The molecule has 1 atom stereocenters. The number of nitrogens with zero attached hydrogens (tertiary/aromatic N) is 1. The number of benzene rings is 2. The third-order valence-corrected chi connectivity index (χ3v) is 6.00. The van der Waals surface area contributed by atoms with Gasteiger partial charge < -0.3 is 14.4 Å². The predicted molar refractivity (Wildman–Crippen MR) is 95.3 cm³/mol. The Bertz CT molecular complexity index is 814. The van der Waals surface area contributed by atoms with Crippen molar-refractivity contribution in [2.45, 2.75) is 5.37 Å². The lowest BCUT2D eigenvalue weighted by molar-refractivity contribution is 0.0760. The number of rotatable bonds is 2. The Morgan fingerprint density at radius 2 is 1.92 bits per heavy atom. The number of halogens is 2. The molecule has 124 valence electrons. The number of amides is 1. The van der Waals surface area contributed by atoms with Crippen molar-refractivity contribution in [3.8, 4) is 11.5 Å². The van der Waals surface area contributed by atoms with Crippen LogP contribution in [0.15, 0.2) is 36.4 Å². The predicted octanol–water partition coefficient (Wildman–Crippen LogP) is 4.61. The van der Waals surface area contributed by atoms with Gasteiger partial charge in [0.15, 0.2) is 11.5 Å². The van der Waals surface area contributed by atoms with Gasteiger partial charge in [-0.3, -0.25) is 4.79 Å². The average molecular weight is 382 g/mol. The molecule has 0 aromatic heterocycles. The van der Waals surface area contributed by atoms with E-state index >= 15 is 0 Å². The van der Waals surface area contributed by atoms with Crippen LogP contribution in [0.2, 0.25) is 10.0 Å². The van der Waals surface area contributed by atoms with Gasteiger partial charge in [-0.15, -0.1) is 11.8 Å². The lowest BCUT2D eigenvalue weighted by Gasteiger charge is -2.24. The van der Waals surface area contributed by atoms with Crippen LogP contribution in [0, 0.1) is 0 Å². The number of fused-ring (bicyclic) bond motifs is 1. The minimum atomic E-state index is -0.0544. The molecule has 0 bridgehead atoms. The zero-order chi connectivity index (χ0) is 16.7. The van der Waals surface area contributed by atoms with E-state index in [0.717, 1.165) is 22.8 Å². The van der Waals surface area contributed by atoms with Crippen LogP contribution in [0.25, 0.3) is 0 Å². The molecule has 1 amide bonds. The summed E-state index contributed by atoms with van der Waals surface area (Å²) < 4.78 is 10.8. The van der Waals surface area contributed by atoms with Crippen LogP contribution < -0.4 is 9.47 Å². The standard InChI is InChI=1S/C17H13Cl2NO3S/c18-12-3-1-10(7-13(12)19)16(21)20-5-6-24-17(20)11-2-4-14-15(8-11)23-9-22-14/h1-4,7-8,17H,5-6,9H2. The minimum Gasteiger partial charge on any atom is -0.454 e. The maximum absolute atomic E-state index is 12.9. The number of ether oxygens (including phenoxy) is 2. The van der Waals surface area contributed by atoms with Crippen molar-refractivity contribution in [3.05, 3.63) is 57.6 Å². The summed E-state index contributed by atoms with van der Waals surface area (Å²) in [6.07, 6.45) is 0. The first-order valence-electron chi connectivity index (χ1n) is 7.40. The third-order valence-electron chi connectivity index (χ3n) is 4.00. The van der Waals surface area contributed by atoms with Gasteiger partial charge in [-0.25, -0.2) is 0 Å². The zero-order valence-electron chi connectivity index (χ0n) is 12.5. The quantitative estimate of drug-likeness (QED) is 0.761. The first-order chi connectivity index (χ1) is 11.6. The first kappa shape index (κ1) is 15.9. The Hall–Kier alpha value is -1.56. The van der Waals surface area contributed by atoms with Gasteiger partial charge in [0.05, 0.1) is 10.0 Å². The van der Waals surface area contributed by atoms with Crippen molar-refractivity contribution >= 4 is 40.9 Å². The van der Waals surface area contributed by atoms with Crippen molar-refractivity contribution in [2.75, 3.05) is 19.1 Å². The summed E-state index contributed by atoms with van der Waals surface area (Å²) in [7, 11) is 0. The second-order valence-corrected chi connectivity index (χ2v) is 7.47. The molecule has 2 aromatic carbocycles. The molecule has 2 heterocycles. The zero-order valence-corrected chi connectivity index (χ0v) is 14.8. The van der Waals surface area contributed by atoms with Gasteiger partial charge in [0.25, 0.3) is 5.91 Å². The number of thioether (sulfide) groups is 1. The first-order valence-corrected chi connectivity index (χ1v) is 9.21. The molecule has 2 aliphatic rings. The fraction of sp³-hybridized carbons (Fsp3) is 0.235. The van der Waals surface area contributed by atoms with E-state index in [9.17, 15) is 4.79 Å². The maximum Gasteiger partial charge on any atom is 0.255 e. The Kier molecular flexibility index (Phi) is 4.24. The second kappa shape index (κ2) is 6.39. The lowest BCUT2D eigenvalue weighted by atomic mass is 10.1. The summed E-state index contributed by atoms with van der Waals surface area (Å²) in [5.41, 5.74) is 1.56. The van der Waals surface area contributed by atoms with Crippen molar-refractivity contribution < 1.29 is 14.3 Å². The second-order valence-electron chi connectivity index (χ2n) is 5.46. The fourth-order valence-electron chi connectivity index (χ4n) is 2.82. The molecule has 0 aliphatic carbocycles. The SMILES string of the molecule is O=C(c1ccc(Cl)c(Cl)c1)N1CCSC1c1ccc2c(c1)OCO2. The van der Waals surface area contributed by atoms with E-state index in [1.807, 2.05) is 23.1 Å². The Morgan fingerprint density at radius 3 is 2.75 bits per heavy atom. The van der Waals surface area contributed by atoms with Crippen molar-refractivity contribution in [1.82, 2.24) is 4.90 Å². The van der Waals surface area contributed by atoms with E-state index in [1.54, 1.807) is 30.0 Å². The topological polar surface area (TPSA) is 38.8 Å². The van der Waals surface area contributed by atoms with Crippen LogP contribution in [-0.2, 0) is 0 Å². The van der Waals surface area contributed by atoms with Crippen LogP contribution in [-0.4, -0.2) is 29.9 Å². The van der Waals surface area contributed by atoms with Crippen molar-refractivity contribution in [2.24, 2.45) is 0 Å². The highest BCUT2D eigenvalue weighted by Gasteiger charge is 2.32. The fourth-order valence-corrected chi connectivity index (χ4v) is 4.36. The highest BCUT2D eigenvalue weighted by Crippen LogP contribution is 2.42. The molecule has 2 aliphatic heterocycles. The molecular formula is C17H13Cl2NO3S. The van der Waals surface area contributed by atoms with Crippen LogP contribution in [0.5, 0.6) is 11.5 Å². The Labute approximate surface area is 153 Å². The molecule has 0 N–H and O–H groups in total. The molecule has 0 saturated carbocycles. The summed E-state index contributed by atoms with van der Waals surface area (Å²) in [6.45, 7) is 0.922. The van der Waals surface area contributed by atoms with Crippen LogP contribution in [0.3, 0.4) is 0 Å². The van der Waals surface area contributed by atoms with Crippen LogP contribution in [0.1, 0.15) is 21.3 Å². The largest absolute Gasteiger partial charge is 0.454 e. The molecule has 24 heavy (non-hydrogen) atoms. The molecule has 1 saturated heterocycles. The molecule has 0 radical (unpaired) electrons. The summed E-state index contributed by atoms with van der Waals surface area (Å²) in [4.78, 5) is 14.7. The van der Waals surface area contributed by atoms with Crippen molar-refractivity contribution in [1.29, 1.82) is 0 Å². The summed E-state index contributed by atoms with van der Waals surface area (Å²) in [6, 6.07) is 10.8. The van der Waals surface area contributed by atoms with Gasteiger partial charge in [-0.05, 0) is 35.9 Å². The average Bonchev–Trinajstić information content (AvgIpc) is 3.24. The maximum atomic E-state index is 12.9. The number of carbonyl (C=O) groups is 1. The van der Waals surface area contributed by atoms with Crippen molar-refractivity contribution in [3.63, 3.8) is 0 Å². The number of carbonyl (C=O) groups excluding carboxylic acids is 1. The Balaban J connectivity index is 1.62. The molecule has 0 spiro atoms. The molecular weight excluding hydrogens is 369 g/mol. The monoisotopic (exact) mass is 381 g/mol. The number of hydrogen-bond acceptors (Lipinski definition) is 4. The Morgan fingerprint density at radius 1 is 1.08 bits per heavy atom. The molecule has 4 rings (SSSR count). The van der Waals surface area contributed by atoms with Gasteiger partial charge in [-0.2, -0.15) is 0 Å². The van der Waals surface area contributed by atoms with E-state index in [0.29, 0.717) is 22.2 Å².